The standard InChI is InChI=1S/C10H10ClNO4/c1-2-5-16-10(13)7-3-4-8(11)9(6-7)12(14)15/h3-4,6H,2,5H2,1H3. The lowest BCUT2D eigenvalue weighted by atomic mass is 10.2. The van der Waals surface area contributed by atoms with E-state index in [1.807, 2.05) is 6.92 Å². The lowest BCUT2D eigenvalue weighted by Gasteiger charge is -2.03. The smallest absolute Gasteiger partial charge is 0.338 e. The Kier molecular flexibility index (Phi) is 4.25. The summed E-state index contributed by atoms with van der Waals surface area (Å²) >= 11 is 5.61. The number of hydrogen-bond acceptors (Lipinski definition) is 4. The van der Waals surface area contributed by atoms with Crippen LogP contribution in [-0.2, 0) is 4.74 Å². The van der Waals surface area contributed by atoms with Crippen LogP contribution in [0.2, 0.25) is 5.02 Å². The maximum atomic E-state index is 11.4. The molecule has 0 N–H and O–H groups in total. The fourth-order valence-corrected chi connectivity index (χ4v) is 1.24. The molecule has 0 aliphatic heterocycles. The number of benzene rings is 1. The number of nitrogens with zero attached hydrogens (tertiary/aromatic N) is 1. The monoisotopic (exact) mass is 243 g/mol. The van der Waals surface area contributed by atoms with E-state index in [1.165, 1.54) is 12.1 Å². The van der Waals surface area contributed by atoms with E-state index in [2.05, 4.69) is 0 Å². The van der Waals surface area contributed by atoms with Gasteiger partial charge in [-0.1, -0.05) is 18.5 Å². The number of carbonyl (C=O) groups excluding carboxylic acids is 1. The lowest BCUT2D eigenvalue weighted by Crippen LogP contribution is -2.06. The minimum absolute atomic E-state index is 0.00274. The van der Waals surface area contributed by atoms with Gasteiger partial charge in [0.05, 0.1) is 17.1 Å². The second-order valence-corrected chi connectivity index (χ2v) is 3.47. The number of nitro groups is 1. The minimum atomic E-state index is -0.640. The summed E-state index contributed by atoms with van der Waals surface area (Å²) in [4.78, 5) is 21.3. The highest BCUT2D eigenvalue weighted by Crippen LogP contribution is 2.25. The highest BCUT2D eigenvalue weighted by atomic mass is 35.5. The van der Waals surface area contributed by atoms with Crippen molar-refractivity contribution in [3.8, 4) is 0 Å². The number of ether oxygens (including phenoxy) is 1. The summed E-state index contributed by atoms with van der Waals surface area (Å²) in [6.07, 6.45) is 0.696. The second kappa shape index (κ2) is 5.46. The van der Waals surface area contributed by atoms with Gasteiger partial charge in [-0.2, -0.15) is 0 Å². The quantitative estimate of drug-likeness (QED) is 0.463. The SMILES string of the molecule is CCCOC(=O)c1ccc(Cl)c([N+](=O)[O-])c1. The van der Waals surface area contributed by atoms with Crippen LogP contribution in [0, 0.1) is 10.1 Å². The molecule has 0 unspecified atom stereocenters. The van der Waals surface area contributed by atoms with Crippen molar-refractivity contribution >= 4 is 23.3 Å². The van der Waals surface area contributed by atoms with Gasteiger partial charge in [0, 0.05) is 6.07 Å². The zero-order valence-corrected chi connectivity index (χ0v) is 9.36. The zero-order valence-electron chi connectivity index (χ0n) is 8.60. The Morgan fingerprint density at radius 3 is 2.81 bits per heavy atom. The molecule has 0 aromatic heterocycles. The van der Waals surface area contributed by atoms with Crippen LogP contribution in [0.5, 0.6) is 0 Å². The van der Waals surface area contributed by atoms with Crippen LogP contribution in [0.4, 0.5) is 5.69 Å². The van der Waals surface area contributed by atoms with Crippen molar-refractivity contribution in [2.24, 2.45) is 0 Å². The van der Waals surface area contributed by atoms with Gasteiger partial charge in [0.15, 0.2) is 0 Å². The molecule has 0 spiro atoms. The predicted octanol–water partition coefficient (Wildman–Crippen LogP) is 2.82. The Hall–Kier alpha value is -1.62. The molecule has 0 fully saturated rings. The molecule has 0 heterocycles. The first-order valence-corrected chi connectivity index (χ1v) is 5.05. The third-order valence-electron chi connectivity index (χ3n) is 1.82. The summed E-state index contributed by atoms with van der Waals surface area (Å²) in [5.41, 5.74) is -0.169. The molecule has 0 saturated heterocycles. The van der Waals surface area contributed by atoms with Crippen molar-refractivity contribution in [3.05, 3.63) is 38.9 Å². The first kappa shape index (κ1) is 12.4. The number of hydrogen-bond donors (Lipinski definition) is 0. The lowest BCUT2D eigenvalue weighted by molar-refractivity contribution is -0.384. The van der Waals surface area contributed by atoms with Gasteiger partial charge in [0.1, 0.15) is 5.02 Å². The number of halogens is 1. The average Bonchev–Trinajstić information content (AvgIpc) is 2.26. The first-order valence-electron chi connectivity index (χ1n) is 4.67. The molecule has 0 radical (unpaired) electrons. The van der Waals surface area contributed by atoms with Crippen LogP contribution < -0.4 is 0 Å². The molecule has 1 aromatic carbocycles. The van der Waals surface area contributed by atoms with Crippen LogP contribution in [0.1, 0.15) is 23.7 Å². The fraction of sp³-hybridized carbons (Fsp3) is 0.300. The van der Waals surface area contributed by atoms with E-state index >= 15 is 0 Å². The van der Waals surface area contributed by atoms with E-state index in [9.17, 15) is 14.9 Å². The maximum absolute atomic E-state index is 11.4. The van der Waals surface area contributed by atoms with Crippen LogP contribution in [0.25, 0.3) is 0 Å². The van der Waals surface area contributed by atoms with Crippen molar-refractivity contribution in [3.63, 3.8) is 0 Å². The van der Waals surface area contributed by atoms with Crippen LogP contribution in [-0.4, -0.2) is 17.5 Å². The number of esters is 1. The number of nitro benzene ring substituents is 1. The third kappa shape index (κ3) is 2.93. The molecule has 0 amide bonds. The topological polar surface area (TPSA) is 69.4 Å². The Balaban J connectivity index is 2.94. The Morgan fingerprint density at radius 2 is 2.25 bits per heavy atom. The fourth-order valence-electron chi connectivity index (χ4n) is 1.06. The molecule has 0 bridgehead atoms. The Labute approximate surface area is 97.1 Å². The van der Waals surface area contributed by atoms with Gasteiger partial charge >= 0.3 is 5.97 Å². The second-order valence-electron chi connectivity index (χ2n) is 3.06. The molecule has 6 heteroatoms. The molecule has 1 aromatic rings. The van der Waals surface area contributed by atoms with Crippen molar-refractivity contribution < 1.29 is 14.5 Å². The highest BCUT2D eigenvalue weighted by molar-refractivity contribution is 6.32. The summed E-state index contributed by atoms with van der Waals surface area (Å²) in [6, 6.07) is 3.82. The highest BCUT2D eigenvalue weighted by Gasteiger charge is 2.16. The molecule has 0 atom stereocenters. The summed E-state index contributed by atoms with van der Waals surface area (Å²) in [6.45, 7) is 2.15. The molecular weight excluding hydrogens is 234 g/mol. The Bertz CT molecular complexity index is 419. The summed E-state index contributed by atoms with van der Waals surface area (Å²) < 4.78 is 4.85. The third-order valence-corrected chi connectivity index (χ3v) is 2.14. The van der Waals surface area contributed by atoms with Crippen LogP contribution in [0.3, 0.4) is 0 Å². The normalized spacial score (nSPS) is 9.88. The van der Waals surface area contributed by atoms with Crippen molar-refractivity contribution in [1.82, 2.24) is 0 Å². The molecule has 86 valence electrons. The van der Waals surface area contributed by atoms with Crippen molar-refractivity contribution in [2.75, 3.05) is 6.61 Å². The van der Waals surface area contributed by atoms with E-state index in [1.54, 1.807) is 0 Å². The molecule has 0 aliphatic carbocycles. The van der Waals surface area contributed by atoms with E-state index < -0.39 is 10.9 Å². The summed E-state index contributed by atoms with van der Waals surface area (Å²) in [5.74, 6) is -0.582. The van der Waals surface area contributed by atoms with E-state index in [0.29, 0.717) is 6.42 Å². The van der Waals surface area contributed by atoms with Crippen LogP contribution >= 0.6 is 11.6 Å². The minimum Gasteiger partial charge on any atom is -0.462 e. The Morgan fingerprint density at radius 1 is 1.56 bits per heavy atom. The zero-order chi connectivity index (χ0) is 12.1. The number of carbonyl (C=O) groups is 1. The molecule has 1 rings (SSSR count). The van der Waals surface area contributed by atoms with Gasteiger partial charge in [0.2, 0.25) is 0 Å². The van der Waals surface area contributed by atoms with Gasteiger partial charge < -0.3 is 4.74 Å². The molecular formula is C10H10ClNO4. The molecule has 0 saturated carbocycles. The summed E-state index contributed by atoms with van der Waals surface area (Å²) in [7, 11) is 0. The van der Waals surface area contributed by atoms with E-state index in [0.717, 1.165) is 6.07 Å². The predicted molar refractivity (Wildman–Crippen MR) is 58.7 cm³/mol. The van der Waals surface area contributed by atoms with Gasteiger partial charge in [-0.3, -0.25) is 10.1 Å². The number of rotatable bonds is 4. The van der Waals surface area contributed by atoms with Crippen LogP contribution in [0.15, 0.2) is 18.2 Å². The van der Waals surface area contributed by atoms with Gasteiger partial charge in [-0.25, -0.2) is 4.79 Å². The van der Waals surface area contributed by atoms with E-state index in [4.69, 9.17) is 16.3 Å². The molecule has 5 nitrogen and oxygen atoms in total. The van der Waals surface area contributed by atoms with Crippen molar-refractivity contribution in [2.45, 2.75) is 13.3 Å². The van der Waals surface area contributed by atoms with E-state index in [-0.39, 0.29) is 22.9 Å². The van der Waals surface area contributed by atoms with Gasteiger partial charge in [-0.15, -0.1) is 0 Å². The van der Waals surface area contributed by atoms with Crippen molar-refractivity contribution in [1.29, 1.82) is 0 Å². The van der Waals surface area contributed by atoms with Gasteiger partial charge in [-0.05, 0) is 18.6 Å². The first-order chi connectivity index (χ1) is 7.56. The average molecular weight is 244 g/mol. The maximum Gasteiger partial charge on any atom is 0.338 e. The largest absolute Gasteiger partial charge is 0.462 e. The summed E-state index contributed by atoms with van der Waals surface area (Å²) in [5, 5.41) is 10.6. The molecule has 16 heavy (non-hydrogen) atoms. The van der Waals surface area contributed by atoms with Gasteiger partial charge in [0.25, 0.3) is 5.69 Å². The molecule has 0 aliphatic rings.